The van der Waals surface area contributed by atoms with E-state index in [1.807, 2.05) is 0 Å². The van der Waals surface area contributed by atoms with Crippen LogP contribution in [0.25, 0.3) is 0 Å². The fourth-order valence-electron chi connectivity index (χ4n) is 2.45. The number of nitrogens with zero attached hydrogens (tertiary/aromatic N) is 1. The quantitative estimate of drug-likeness (QED) is 0.650. The van der Waals surface area contributed by atoms with Gasteiger partial charge in [-0.1, -0.05) is 6.07 Å². The molecule has 1 fully saturated rings. The lowest BCUT2D eigenvalue weighted by Crippen LogP contribution is -2.23. The largest absolute Gasteiger partial charge is 0.393 e. The van der Waals surface area contributed by atoms with Crippen LogP contribution in [-0.4, -0.2) is 22.7 Å². The summed E-state index contributed by atoms with van der Waals surface area (Å²) in [6, 6.07) is 4.05. The van der Waals surface area contributed by atoms with Gasteiger partial charge in [-0.3, -0.25) is 10.1 Å². The number of aliphatic hydroxyl groups is 1. The smallest absolute Gasteiger partial charge is 0.327 e. The minimum atomic E-state index is -0.825. The predicted octanol–water partition coefficient (Wildman–Crippen LogP) is 2.70. The maximum Gasteiger partial charge on any atom is 0.327 e. The number of aliphatic hydroxyl groups excluding tert-OH is 1. The van der Waals surface area contributed by atoms with Gasteiger partial charge >= 0.3 is 5.69 Å². The second-order valence-corrected chi connectivity index (χ2v) is 4.95. The summed E-state index contributed by atoms with van der Waals surface area (Å²) in [6.07, 6.45) is 3.07. The van der Waals surface area contributed by atoms with Crippen molar-refractivity contribution in [2.75, 3.05) is 11.9 Å². The van der Waals surface area contributed by atoms with Crippen LogP contribution in [0.2, 0.25) is 0 Å². The van der Waals surface area contributed by atoms with Gasteiger partial charge < -0.3 is 10.4 Å². The van der Waals surface area contributed by atoms with Crippen molar-refractivity contribution in [3.63, 3.8) is 0 Å². The van der Waals surface area contributed by atoms with Crippen LogP contribution in [-0.2, 0) is 0 Å². The van der Waals surface area contributed by atoms with Gasteiger partial charge in [0, 0.05) is 6.54 Å². The number of nitrogens with one attached hydrogen (secondary N) is 1. The Kier molecular flexibility index (Phi) is 4.31. The maximum absolute atomic E-state index is 13.4. The number of rotatable bonds is 4. The number of hydrogen-bond donors (Lipinski definition) is 2. The highest BCUT2D eigenvalue weighted by molar-refractivity contribution is 5.61. The van der Waals surface area contributed by atoms with Crippen LogP contribution in [0.1, 0.15) is 25.7 Å². The Morgan fingerprint density at radius 3 is 2.68 bits per heavy atom. The minimum absolute atomic E-state index is 0.219. The SMILES string of the molecule is O=[N+]([O-])c1c(F)cccc1NCC1CCC(O)CC1. The summed E-state index contributed by atoms with van der Waals surface area (Å²) in [6.45, 7) is 0.566. The van der Waals surface area contributed by atoms with Gasteiger partial charge in [0.15, 0.2) is 0 Å². The second-order valence-electron chi connectivity index (χ2n) is 4.95. The normalized spacial score (nSPS) is 23.1. The summed E-state index contributed by atoms with van der Waals surface area (Å²) in [5, 5.41) is 23.2. The van der Waals surface area contributed by atoms with Gasteiger partial charge in [0.05, 0.1) is 11.0 Å². The zero-order valence-electron chi connectivity index (χ0n) is 10.5. The standard InChI is InChI=1S/C13H17FN2O3/c14-11-2-1-3-12(13(11)16(18)19)15-8-9-4-6-10(17)7-5-9/h1-3,9-10,15,17H,4-8H2. The fourth-order valence-corrected chi connectivity index (χ4v) is 2.45. The number of hydrogen-bond acceptors (Lipinski definition) is 4. The number of nitro benzene ring substituents is 1. The van der Waals surface area contributed by atoms with E-state index in [0.29, 0.717) is 12.5 Å². The molecule has 2 rings (SSSR count). The lowest BCUT2D eigenvalue weighted by Gasteiger charge is -2.25. The van der Waals surface area contributed by atoms with E-state index in [-0.39, 0.29) is 11.8 Å². The Morgan fingerprint density at radius 1 is 1.37 bits per heavy atom. The van der Waals surface area contributed by atoms with Crippen LogP contribution in [0.3, 0.4) is 0 Å². The Bertz CT molecular complexity index is 459. The molecule has 0 aliphatic heterocycles. The maximum atomic E-state index is 13.4. The molecule has 0 amide bonds. The van der Waals surface area contributed by atoms with Crippen molar-refractivity contribution in [3.8, 4) is 0 Å². The first-order valence-electron chi connectivity index (χ1n) is 6.42. The highest BCUT2D eigenvalue weighted by atomic mass is 19.1. The molecule has 6 heteroatoms. The molecule has 1 saturated carbocycles. The van der Waals surface area contributed by atoms with Crippen LogP contribution < -0.4 is 5.32 Å². The fraction of sp³-hybridized carbons (Fsp3) is 0.538. The van der Waals surface area contributed by atoms with E-state index >= 15 is 0 Å². The van der Waals surface area contributed by atoms with Gasteiger partial charge in [0.2, 0.25) is 5.82 Å². The summed E-state index contributed by atoms with van der Waals surface area (Å²) in [4.78, 5) is 10.1. The van der Waals surface area contributed by atoms with Crippen LogP contribution in [0.5, 0.6) is 0 Å². The third kappa shape index (κ3) is 3.41. The second kappa shape index (κ2) is 5.97. The summed E-state index contributed by atoms with van der Waals surface area (Å²) in [5.41, 5.74) is -0.283. The van der Waals surface area contributed by atoms with Gasteiger partial charge in [-0.05, 0) is 43.7 Å². The molecular formula is C13H17FN2O3. The van der Waals surface area contributed by atoms with Crippen LogP contribution >= 0.6 is 0 Å². The molecule has 1 aromatic carbocycles. The lowest BCUT2D eigenvalue weighted by molar-refractivity contribution is -0.386. The van der Waals surface area contributed by atoms with Crippen molar-refractivity contribution in [1.29, 1.82) is 0 Å². The molecule has 0 unspecified atom stereocenters. The van der Waals surface area contributed by atoms with Crippen LogP contribution in [0.4, 0.5) is 15.8 Å². The Labute approximate surface area is 110 Å². The molecule has 2 N–H and O–H groups in total. The van der Waals surface area contributed by atoms with Gasteiger partial charge in [0.1, 0.15) is 5.69 Å². The molecule has 5 nitrogen and oxygen atoms in total. The molecule has 1 aliphatic carbocycles. The van der Waals surface area contributed by atoms with Crippen LogP contribution in [0, 0.1) is 21.8 Å². The number of halogens is 1. The van der Waals surface area contributed by atoms with Gasteiger partial charge in [-0.2, -0.15) is 4.39 Å². The van der Waals surface area contributed by atoms with E-state index in [0.717, 1.165) is 31.7 Å². The molecule has 0 aromatic heterocycles. The minimum Gasteiger partial charge on any atom is -0.393 e. The molecule has 19 heavy (non-hydrogen) atoms. The first-order valence-corrected chi connectivity index (χ1v) is 6.42. The Balaban J connectivity index is 2.00. The van der Waals surface area contributed by atoms with Crippen molar-refractivity contribution in [2.24, 2.45) is 5.92 Å². The third-order valence-corrected chi connectivity index (χ3v) is 3.57. The molecule has 0 bridgehead atoms. The van der Waals surface area contributed by atoms with Gasteiger partial charge in [-0.15, -0.1) is 0 Å². The average Bonchev–Trinajstić information content (AvgIpc) is 2.37. The molecule has 1 aliphatic rings. The first kappa shape index (κ1) is 13.7. The van der Waals surface area contributed by atoms with E-state index in [4.69, 9.17) is 0 Å². The topological polar surface area (TPSA) is 75.4 Å². The highest BCUT2D eigenvalue weighted by Crippen LogP contribution is 2.29. The number of para-hydroxylation sites is 1. The van der Waals surface area contributed by atoms with Gasteiger partial charge in [-0.25, -0.2) is 0 Å². The van der Waals surface area contributed by atoms with Gasteiger partial charge in [0.25, 0.3) is 0 Å². The lowest BCUT2D eigenvalue weighted by atomic mass is 9.87. The van der Waals surface area contributed by atoms with Crippen LogP contribution in [0.15, 0.2) is 18.2 Å². The molecule has 0 radical (unpaired) electrons. The van der Waals surface area contributed by atoms with Crippen molar-refractivity contribution < 1.29 is 14.4 Å². The zero-order chi connectivity index (χ0) is 13.8. The first-order chi connectivity index (χ1) is 9.08. The molecule has 0 heterocycles. The molecular weight excluding hydrogens is 251 g/mol. The zero-order valence-corrected chi connectivity index (χ0v) is 10.5. The summed E-state index contributed by atoms with van der Waals surface area (Å²) in [7, 11) is 0. The molecule has 1 aromatic rings. The van der Waals surface area contributed by atoms with Crippen molar-refractivity contribution >= 4 is 11.4 Å². The number of benzene rings is 1. The summed E-state index contributed by atoms with van der Waals surface area (Å²) >= 11 is 0. The van der Waals surface area contributed by atoms with E-state index in [1.54, 1.807) is 0 Å². The van der Waals surface area contributed by atoms with Crippen molar-refractivity contribution in [3.05, 3.63) is 34.1 Å². The molecule has 0 saturated heterocycles. The van der Waals surface area contributed by atoms with E-state index in [1.165, 1.54) is 12.1 Å². The van der Waals surface area contributed by atoms with E-state index in [2.05, 4.69) is 5.32 Å². The number of nitro groups is 1. The van der Waals surface area contributed by atoms with E-state index < -0.39 is 16.4 Å². The summed E-state index contributed by atoms with van der Waals surface area (Å²) in [5.74, 6) is -0.458. The highest BCUT2D eigenvalue weighted by Gasteiger charge is 2.22. The molecule has 0 spiro atoms. The monoisotopic (exact) mass is 268 g/mol. The molecule has 104 valence electrons. The van der Waals surface area contributed by atoms with Crippen molar-refractivity contribution in [1.82, 2.24) is 0 Å². The average molecular weight is 268 g/mol. The Hall–Kier alpha value is -1.69. The predicted molar refractivity (Wildman–Crippen MR) is 69.5 cm³/mol. The Morgan fingerprint density at radius 2 is 2.05 bits per heavy atom. The summed E-state index contributed by atoms with van der Waals surface area (Å²) < 4.78 is 13.4. The van der Waals surface area contributed by atoms with Crippen molar-refractivity contribution in [2.45, 2.75) is 31.8 Å². The third-order valence-electron chi connectivity index (χ3n) is 3.57. The van der Waals surface area contributed by atoms with E-state index in [9.17, 15) is 19.6 Å². The number of anilines is 1. The molecule has 0 atom stereocenters.